The van der Waals surface area contributed by atoms with Crippen LogP contribution in [0, 0.1) is 5.92 Å². The van der Waals surface area contributed by atoms with Crippen LogP contribution in [0.15, 0.2) is 4.99 Å². The van der Waals surface area contributed by atoms with Crippen molar-refractivity contribution in [1.82, 2.24) is 15.5 Å². The summed E-state index contributed by atoms with van der Waals surface area (Å²) in [6.07, 6.45) is 7.18. The molecule has 2 fully saturated rings. The molecule has 6 nitrogen and oxygen atoms in total. The Labute approximate surface area is 153 Å². The van der Waals surface area contributed by atoms with Gasteiger partial charge < -0.3 is 25.0 Å². The normalized spacial score (nSPS) is 20.1. The molecule has 146 valence electrons. The van der Waals surface area contributed by atoms with E-state index < -0.39 is 0 Å². The first-order valence-electron chi connectivity index (χ1n) is 10.3. The Hall–Kier alpha value is -0.850. The number of hydrogen-bond donors (Lipinski definition) is 2. The van der Waals surface area contributed by atoms with Gasteiger partial charge in [-0.1, -0.05) is 0 Å². The van der Waals surface area contributed by atoms with E-state index in [1.54, 1.807) is 0 Å². The third-order valence-corrected chi connectivity index (χ3v) is 4.90. The van der Waals surface area contributed by atoms with Gasteiger partial charge in [0.05, 0.1) is 0 Å². The highest BCUT2D eigenvalue weighted by atomic mass is 16.5. The standard InChI is InChI=1S/C19H38N4O2/c1-2-20-19(21-9-5-13-23-11-3-4-12-23)22-10-6-14-25-17-18-7-15-24-16-8-18/h18H,2-17H2,1H3,(H2,20,21,22). The van der Waals surface area contributed by atoms with Gasteiger partial charge in [-0.25, -0.2) is 0 Å². The van der Waals surface area contributed by atoms with Crippen LogP contribution in [-0.4, -0.2) is 76.6 Å². The number of nitrogens with one attached hydrogen (secondary N) is 2. The van der Waals surface area contributed by atoms with Crippen molar-refractivity contribution in [3.8, 4) is 0 Å². The van der Waals surface area contributed by atoms with Crippen LogP contribution in [-0.2, 0) is 9.47 Å². The lowest BCUT2D eigenvalue weighted by Gasteiger charge is -2.21. The number of ether oxygens (including phenoxy) is 2. The van der Waals surface area contributed by atoms with Gasteiger partial charge in [0, 0.05) is 46.1 Å². The van der Waals surface area contributed by atoms with E-state index in [1.807, 2.05) is 0 Å². The van der Waals surface area contributed by atoms with Gasteiger partial charge in [0.15, 0.2) is 5.96 Å². The van der Waals surface area contributed by atoms with E-state index in [2.05, 4.69) is 27.4 Å². The van der Waals surface area contributed by atoms with Gasteiger partial charge in [-0.05, 0) is 71.0 Å². The molecule has 0 saturated carbocycles. The van der Waals surface area contributed by atoms with Gasteiger partial charge in [-0.15, -0.1) is 0 Å². The van der Waals surface area contributed by atoms with E-state index in [1.165, 1.54) is 38.9 Å². The molecule has 2 rings (SSSR count). The molecule has 2 aliphatic rings. The summed E-state index contributed by atoms with van der Waals surface area (Å²) in [6, 6.07) is 0. The zero-order valence-electron chi connectivity index (χ0n) is 16.1. The quantitative estimate of drug-likeness (QED) is 0.337. The molecule has 2 aliphatic heterocycles. The van der Waals surface area contributed by atoms with Crippen molar-refractivity contribution in [2.24, 2.45) is 10.9 Å². The lowest BCUT2D eigenvalue weighted by atomic mass is 10.0. The second-order valence-electron chi connectivity index (χ2n) is 7.07. The smallest absolute Gasteiger partial charge is 0.191 e. The Morgan fingerprint density at radius 3 is 2.72 bits per heavy atom. The van der Waals surface area contributed by atoms with Crippen LogP contribution in [0.3, 0.4) is 0 Å². The maximum Gasteiger partial charge on any atom is 0.191 e. The summed E-state index contributed by atoms with van der Waals surface area (Å²) in [7, 11) is 0. The fourth-order valence-corrected chi connectivity index (χ4v) is 3.38. The topological polar surface area (TPSA) is 58.1 Å². The number of likely N-dealkylation sites (tertiary alicyclic amines) is 1. The molecule has 0 aromatic rings. The van der Waals surface area contributed by atoms with Crippen molar-refractivity contribution in [2.75, 3.05) is 65.7 Å². The average Bonchev–Trinajstić information content (AvgIpc) is 3.16. The second kappa shape index (κ2) is 13.4. The first kappa shape index (κ1) is 20.5. The van der Waals surface area contributed by atoms with Crippen LogP contribution in [0.5, 0.6) is 0 Å². The minimum atomic E-state index is 0.687. The molecule has 0 aromatic carbocycles. The predicted molar refractivity (Wildman–Crippen MR) is 103 cm³/mol. The minimum absolute atomic E-state index is 0.687. The number of aliphatic imine (C=N–C) groups is 1. The van der Waals surface area contributed by atoms with E-state index in [9.17, 15) is 0 Å². The third-order valence-electron chi connectivity index (χ3n) is 4.90. The number of guanidine groups is 1. The highest BCUT2D eigenvalue weighted by Crippen LogP contribution is 2.14. The Balaban J connectivity index is 1.49. The lowest BCUT2D eigenvalue weighted by molar-refractivity contribution is 0.0205. The molecule has 0 atom stereocenters. The first-order valence-corrected chi connectivity index (χ1v) is 10.3. The third kappa shape index (κ3) is 9.42. The monoisotopic (exact) mass is 354 g/mol. The van der Waals surface area contributed by atoms with Crippen LogP contribution in [0.4, 0.5) is 0 Å². The maximum absolute atomic E-state index is 5.80. The molecular formula is C19H38N4O2. The molecule has 0 aromatic heterocycles. The molecule has 0 spiro atoms. The fourth-order valence-electron chi connectivity index (χ4n) is 3.38. The zero-order valence-corrected chi connectivity index (χ0v) is 16.1. The molecule has 2 N–H and O–H groups in total. The summed E-state index contributed by atoms with van der Waals surface area (Å²) in [6.45, 7) is 12.0. The minimum Gasteiger partial charge on any atom is -0.381 e. The van der Waals surface area contributed by atoms with Crippen LogP contribution >= 0.6 is 0 Å². The van der Waals surface area contributed by atoms with Crippen LogP contribution < -0.4 is 10.6 Å². The summed E-state index contributed by atoms with van der Waals surface area (Å²) in [5.41, 5.74) is 0. The Morgan fingerprint density at radius 2 is 1.96 bits per heavy atom. The van der Waals surface area contributed by atoms with Gasteiger partial charge >= 0.3 is 0 Å². The average molecular weight is 355 g/mol. The van der Waals surface area contributed by atoms with E-state index in [0.29, 0.717) is 5.92 Å². The van der Waals surface area contributed by atoms with Gasteiger partial charge in [0.2, 0.25) is 0 Å². The first-order chi connectivity index (χ1) is 12.4. The molecule has 0 amide bonds. The van der Waals surface area contributed by atoms with E-state index >= 15 is 0 Å². The Kier molecular flexibility index (Phi) is 10.9. The van der Waals surface area contributed by atoms with Gasteiger partial charge in [-0.2, -0.15) is 0 Å². The van der Waals surface area contributed by atoms with E-state index in [4.69, 9.17) is 9.47 Å². The molecule has 0 radical (unpaired) electrons. The van der Waals surface area contributed by atoms with Gasteiger partial charge in [0.1, 0.15) is 0 Å². The van der Waals surface area contributed by atoms with Crippen LogP contribution in [0.25, 0.3) is 0 Å². The van der Waals surface area contributed by atoms with Crippen molar-refractivity contribution >= 4 is 5.96 Å². The van der Waals surface area contributed by atoms with Crippen LogP contribution in [0.1, 0.15) is 45.4 Å². The van der Waals surface area contributed by atoms with Gasteiger partial charge in [-0.3, -0.25) is 4.99 Å². The highest BCUT2D eigenvalue weighted by molar-refractivity contribution is 5.79. The number of rotatable bonds is 11. The predicted octanol–water partition coefficient (Wildman–Crippen LogP) is 1.86. The SMILES string of the molecule is CCNC(=NCCCOCC1CCOCC1)NCCCN1CCCC1. The molecule has 2 saturated heterocycles. The molecule has 6 heteroatoms. The molecule has 0 aliphatic carbocycles. The van der Waals surface area contributed by atoms with Crippen molar-refractivity contribution in [1.29, 1.82) is 0 Å². The summed E-state index contributed by atoms with van der Waals surface area (Å²) in [4.78, 5) is 7.21. The van der Waals surface area contributed by atoms with Crippen molar-refractivity contribution in [3.63, 3.8) is 0 Å². The van der Waals surface area contributed by atoms with Crippen molar-refractivity contribution in [2.45, 2.75) is 45.4 Å². The maximum atomic E-state index is 5.80. The molecular weight excluding hydrogens is 316 g/mol. The fraction of sp³-hybridized carbons (Fsp3) is 0.947. The molecule has 0 unspecified atom stereocenters. The number of nitrogens with zero attached hydrogens (tertiary/aromatic N) is 2. The second-order valence-corrected chi connectivity index (χ2v) is 7.07. The Bertz CT molecular complexity index is 353. The van der Waals surface area contributed by atoms with Crippen molar-refractivity contribution < 1.29 is 9.47 Å². The molecule has 25 heavy (non-hydrogen) atoms. The number of hydrogen-bond acceptors (Lipinski definition) is 4. The lowest BCUT2D eigenvalue weighted by Crippen LogP contribution is -2.38. The molecule has 2 heterocycles. The van der Waals surface area contributed by atoms with E-state index in [-0.39, 0.29) is 0 Å². The largest absolute Gasteiger partial charge is 0.381 e. The molecule has 0 bridgehead atoms. The van der Waals surface area contributed by atoms with Crippen molar-refractivity contribution in [3.05, 3.63) is 0 Å². The summed E-state index contributed by atoms with van der Waals surface area (Å²) >= 11 is 0. The Morgan fingerprint density at radius 1 is 1.16 bits per heavy atom. The zero-order chi connectivity index (χ0) is 17.6. The highest BCUT2D eigenvalue weighted by Gasteiger charge is 2.13. The van der Waals surface area contributed by atoms with Gasteiger partial charge in [0.25, 0.3) is 0 Å². The summed E-state index contributed by atoms with van der Waals surface area (Å²) in [5.74, 6) is 1.63. The van der Waals surface area contributed by atoms with Crippen LogP contribution in [0.2, 0.25) is 0 Å². The summed E-state index contributed by atoms with van der Waals surface area (Å²) in [5, 5.41) is 6.77. The summed E-state index contributed by atoms with van der Waals surface area (Å²) < 4.78 is 11.2. The van der Waals surface area contributed by atoms with E-state index in [0.717, 1.165) is 71.3 Å².